The maximum atomic E-state index is 12.0. The summed E-state index contributed by atoms with van der Waals surface area (Å²) in [4.78, 5) is 12.0. The van der Waals surface area contributed by atoms with Crippen molar-refractivity contribution >= 4 is 17.5 Å². The highest BCUT2D eigenvalue weighted by Gasteiger charge is 2.44. The van der Waals surface area contributed by atoms with E-state index in [0.717, 1.165) is 43.9 Å². The van der Waals surface area contributed by atoms with Crippen molar-refractivity contribution in [1.82, 2.24) is 10.6 Å². The molecule has 108 valence electrons. The molecule has 2 N–H and O–H groups in total. The molecule has 1 saturated heterocycles. The summed E-state index contributed by atoms with van der Waals surface area (Å²) < 4.78 is 0. The van der Waals surface area contributed by atoms with Crippen molar-refractivity contribution in [2.45, 2.75) is 31.1 Å². The van der Waals surface area contributed by atoms with Gasteiger partial charge in [0.25, 0.3) is 0 Å². The summed E-state index contributed by atoms with van der Waals surface area (Å²) in [6, 6.07) is 8.04. The summed E-state index contributed by atoms with van der Waals surface area (Å²) in [7, 11) is 0. The molecule has 4 heteroatoms. The van der Waals surface area contributed by atoms with Crippen molar-refractivity contribution in [2.75, 3.05) is 19.6 Å². The first-order chi connectivity index (χ1) is 9.68. The Hall–Kier alpha value is -1.06. The summed E-state index contributed by atoms with van der Waals surface area (Å²) in [6.07, 6.45) is 4.08. The zero-order chi connectivity index (χ0) is 14.0. The number of carbonyl (C=O) groups excluding carboxylic acids is 1. The Bertz CT molecular complexity index is 476. The van der Waals surface area contributed by atoms with Gasteiger partial charge < -0.3 is 10.6 Å². The van der Waals surface area contributed by atoms with Gasteiger partial charge in [0.1, 0.15) is 0 Å². The van der Waals surface area contributed by atoms with Crippen LogP contribution < -0.4 is 10.6 Å². The van der Waals surface area contributed by atoms with Gasteiger partial charge in [-0.05, 0) is 56.0 Å². The average molecular weight is 293 g/mol. The normalized spacial score (nSPS) is 23.6. The van der Waals surface area contributed by atoms with Gasteiger partial charge >= 0.3 is 0 Å². The average Bonchev–Trinajstić information content (AvgIpc) is 3.07. The zero-order valence-electron chi connectivity index (χ0n) is 11.6. The molecule has 1 saturated carbocycles. The lowest BCUT2D eigenvalue weighted by molar-refractivity contribution is -0.122. The third kappa shape index (κ3) is 3.15. The summed E-state index contributed by atoms with van der Waals surface area (Å²) >= 11 is 5.93. The highest BCUT2D eigenvalue weighted by Crippen LogP contribution is 2.47. The van der Waals surface area contributed by atoms with E-state index in [2.05, 4.69) is 22.8 Å². The highest BCUT2D eigenvalue weighted by molar-refractivity contribution is 6.30. The van der Waals surface area contributed by atoms with Gasteiger partial charge in [0.2, 0.25) is 5.91 Å². The Morgan fingerprint density at radius 1 is 1.35 bits per heavy atom. The van der Waals surface area contributed by atoms with Crippen molar-refractivity contribution in [1.29, 1.82) is 0 Å². The van der Waals surface area contributed by atoms with Gasteiger partial charge in [-0.3, -0.25) is 4.79 Å². The minimum absolute atomic E-state index is 0.161. The number of nitrogens with one attached hydrogen (secondary N) is 2. The van der Waals surface area contributed by atoms with Crippen LogP contribution in [-0.2, 0) is 10.2 Å². The van der Waals surface area contributed by atoms with E-state index in [1.54, 1.807) is 0 Å². The van der Waals surface area contributed by atoms with E-state index < -0.39 is 0 Å². The number of halogens is 1. The van der Waals surface area contributed by atoms with Crippen LogP contribution in [0.4, 0.5) is 0 Å². The quantitative estimate of drug-likeness (QED) is 0.875. The van der Waals surface area contributed by atoms with Crippen molar-refractivity contribution < 1.29 is 4.79 Å². The van der Waals surface area contributed by atoms with E-state index in [1.807, 2.05) is 12.1 Å². The van der Waals surface area contributed by atoms with Crippen molar-refractivity contribution in [2.24, 2.45) is 5.92 Å². The molecule has 1 aliphatic heterocycles. The second kappa shape index (κ2) is 5.74. The van der Waals surface area contributed by atoms with E-state index in [1.165, 1.54) is 5.56 Å². The summed E-state index contributed by atoms with van der Waals surface area (Å²) in [5.74, 6) is 0.708. The Morgan fingerprint density at radius 2 is 2.10 bits per heavy atom. The van der Waals surface area contributed by atoms with Gasteiger partial charge in [-0.2, -0.15) is 0 Å². The molecule has 1 aliphatic carbocycles. The first-order valence-corrected chi connectivity index (χ1v) is 7.79. The van der Waals surface area contributed by atoms with Crippen molar-refractivity contribution in [3.63, 3.8) is 0 Å². The molecule has 0 unspecified atom stereocenters. The molecule has 2 fully saturated rings. The molecule has 1 heterocycles. The predicted octanol–water partition coefficient (Wildman–Crippen LogP) is 2.49. The zero-order valence-corrected chi connectivity index (χ0v) is 12.4. The van der Waals surface area contributed by atoms with Gasteiger partial charge in [0.05, 0.1) is 0 Å². The monoisotopic (exact) mass is 292 g/mol. The van der Waals surface area contributed by atoms with Gasteiger partial charge in [-0.15, -0.1) is 0 Å². The summed E-state index contributed by atoms with van der Waals surface area (Å²) in [6.45, 7) is 2.79. The van der Waals surface area contributed by atoms with Crippen molar-refractivity contribution in [3.05, 3.63) is 34.9 Å². The lowest BCUT2D eigenvalue weighted by Crippen LogP contribution is -2.33. The van der Waals surface area contributed by atoms with Crippen LogP contribution >= 0.6 is 11.6 Å². The van der Waals surface area contributed by atoms with Crippen LogP contribution in [0.2, 0.25) is 5.02 Å². The van der Waals surface area contributed by atoms with E-state index in [9.17, 15) is 4.79 Å². The molecular weight excluding hydrogens is 272 g/mol. The third-order valence-electron chi connectivity index (χ3n) is 4.57. The second-order valence-corrected chi connectivity index (χ2v) is 6.56. The standard InChI is InChI=1S/C16H21ClN2O/c17-14-3-1-13(2-4-14)16(6-7-16)11-19-15(20)9-12-5-8-18-10-12/h1-4,12,18H,5-11H2,(H,19,20)/t12-/m1/s1. The maximum Gasteiger partial charge on any atom is 0.220 e. The smallest absolute Gasteiger partial charge is 0.220 e. The first kappa shape index (κ1) is 13.9. The fraction of sp³-hybridized carbons (Fsp3) is 0.562. The van der Waals surface area contributed by atoms with Gasteiger partial charge in [0.15, 0.2) is 0 Å². The highest BCUT2D eigenvalue weighted by atomic mass is 35.5. The molecule has 2 aliphatic rings. The Morgan fingerprint density at radius 3 is 2.70 bits per heavy atom. The van der Waals surface area contributed by atoms with E-state index in [4.69, 9.17) is 11.6 Å². The third-order valence-corrected chi connectivity index (χ3v) is 4.82. The Kier molecular flexibility index (Phi) is 3.99. The number of benzene rings is 1. The minimum Gasteiger partial charge on any atom is -0.355 e. The SMILES string of the molecule is O=C(C[C@H]1CCNC1)NCC1(c2ccc(Cl)cc2)CC1. The molecule has 1 amide bonds. The molecule has 0 spiro atoms. The summed E-state index contributed by atoms with van der Waals surface area (Å²) in [5, 5.41) is 7.19. The van der Waals surface area contributed by atoms with Crippen LogP contribution in [0.3, 0.4) is 0 Å². The molecule has 3 rings (SSSR count). The van der Waals surface area contributed by atoms with Crippen LogP contribution in [0.1, 0.15) is 31.2 Å². The topological polar surface area (TPSA) is 41.1 Å². The fourth-order valence-electron chi connectivity index (χ4n) is 3.01. The molecule has 20 heavy (non-hydrogen) atoms. The Labute approximate surface area is 125 Å². The number of hydrogen-bond acceptors (Lipinski definition) is 2. The van der Waals surface area contributed by atoms with E-state index >= 15 is 0 Å². The fourth-order valence-corrected chi connectivity index (χ4v) is 3.14. The van der Waals surface area contributed by atoms with Gasteiger partial charge in [0, 0.05) is 23.4 Å². The van der Waals surface area contributed by atoms with E-state index in [-0.39, 0.29) is 11.3 Å². The Balaban J connectivity index is 1.52. The van der Waals surface area contributed by atoms with Crippen LogP contribution in [0.15, 0.2) is 24.3 Å². The molecule has 1 aromatic rings. The second-order valence-electron chi connectivity index (χ2n) is 6.13. The van der Waals surface area contributed by atoms with E-state index in [0.29, 0.717) is 12.3 Å². The molecule has 0 radical (unpaired) electrons. The number of carbonyl (C=O) groups is 1. The van der Waals surface area contributed by atoms with Crippen molar-refractivity contribution in [3.8, 4) is 0 Å². The van der Waals surface area contributed by atoms with Gasteiger partial charge in [-0.1, -0.05) is 23.7 Å². The largest absolute Gasteiger partial charge is 0.355 e. The molecule has 0 aromatic heterocycles. The predicted molar refractivity (Wildman–Crippen MR) is 81.0 cm³/mol. The molecule has 1 atom stereocenters. The molecular formula is C16H21ClN2O. The lowest BCUT2D eigenvalue weighted by Gasteiger charge is -2.17. The number of hydrogen-bond donors (Lipinski definition) is 2. The van der Waals surface area contributed by atoms with Crippen LogP contribution in [0.5, 0.6) is 0 Å². The number of rotatable bonds is 5. The van der Waals surface area contributed by atoms with Gasteiger partial charge in [-0.25, -0.2) is 0 Å². The number of amides is 1. The maximum absolute atomic E-state index is 12.0. The molecule has 3 nitrogen and oxygen atoms in total. The van der Waals surface area contributed by atoms with Crippen LogP contribution in [0.25, 0.3) is 0 Å². The minimum atomic E-state index is 0.161. The van der Waals surface area contributed by atoms with Crippen LogP contribution in [-0.4, -0.2) is 25.5 Å². The lowest BCUT2D eigenvalue weighted by atomic mass is 9.95. The molecule has 0 bridgehead atoms. The first-order valence-electron chi connectivity index (χ1n) is 7.41. The van der Waals surface area contributed by atoms with Crippen LogP contribution in [0, 0.1) is 5.92 Å². The summed E-state index contributed by atoms with van der Waals surface area (Å²) in [5.41, 5.74) is 1.46. The molecule has 1 aromatic carbocycles.